The molecule has 0 saturated heterocycles. The van der Waals surface area contributed by atoms with Gasteiger partial charge in [-0.05, 0) is 66.1 Å². The normalized spacial score (nSPS) is 11.1. The predicted octanol–water partition coefficient (Wildman–Crippen LogP) is 8.63. The summed E-state index contributed by atoms with van der Waals surface area (Å²) in [6.45, 7) is 2.94. The second-order valence-corrected chi connectivity index (χ2v) is 9.72. The molecule has 3 rings (SSSR count). The van der Waals surface area contributed by atoms with Gasteiger partial charge in [0.15, 0.2) is 5.78 Å². The average Bonchev–Trinajstić information content (AvgIpc) is 2.99. The molecule has 3 aromatic rings. The monoisotopic (exact) mass is 555 g/mol. The number of carbonyl (C=O) groups is 2. The first-order valence-corrected chi connectivity index (χ1v) is 14.1. The Labute approximate surface area is 241 Å². The highest BCUT2D eigenvalue weighted by molar-refractivity contribution is 6.06. The lowest BCUT2D eigenvalue weighted by Gasteiger charge is -2.06. The standard InChI is InChI=1S/C34H37NO6/c1-2-3-4-5-6-7-8-9-25-40-31-21-13-27(14-22-31)16-24-34(37)41-32-12-10-11-28(26-32)15-23-33(36)29-17-19-30(20-18-29)35(38)39/h10-24,26H,2-9,25H2,1H3/b23-15+,24-16+. The summed E-state index contributed by atoms with van der Waals surface area (Å²) in [5, 5.41) is 10.8. The summed E-state index contributed by atoms with van der Waals surface area (Å²) in [6.07, 6.45) is 16.1. The Hall–Kier alpha value is -4.52. The van der Waals surface area contributed by atoms with Crippen molar-refractivity contribution in [2.24, 2.45) is 0 Å². The number of rotatable bonds is 17. The first kappa shape index (κ1) is 31.0. The lowest BCUT2D eigenvalue weighted by atomic mass is 10.1. The summed E-state index contributed by atoms with van der Waals surface area (Å²) in [4.78, 5) is 35.0. The van der Waals surface area contributed by atoms with Crippen LogP contribution >= 0.6 is 0 Å². The molecule has 7 nitrogen and oxygen atoms in total. The first-order valence-electron chi connectivity index (χ1n) is 14.1. The number of ether oxygens (including phenoxy) is 2. The van der Waals surface area contributed by atoms with Crippen molar-refractivity contribution in [3.8, 4) is 11.5 Å². The minimum absolute atomic E-state index is 0.0792. The van der Waals surface area contributed by atoms with Gasteiger partial charge in [0.25, 0.3) is 5.69 Å². The number of hydrogen-bond donors (Lipinski definition) is 0. The van der Waals surface area contributed by atoms with E-state index in [-0.39, 0.29) is 11.5 Å². The second kappa shape index (κ2) is 17.2. The van der Waals surface area contributed by atoms with Gasteiger partial charge in [0.05, 0.1) is 11.5 Å². The maximum absolute atomic E-state index is 12.4. The molecule has 0 spiro atoms. The molecule has 0 heterocycles. The number of non-ortho nitro benzene ring substituents is 1. The van der Waals surface area contributed by atoms with Crippen LogP contribution in [0.3, 0.4) is 0 Å². The number of nitro groups is 1. The molecule has 0 amide bonds. The van der Waals surface area contributed by atoms with Gasteiger partial charge in [-0.3, -0.25) is 14.9 Å². The van der Waals surface area contributed by atoms with E-state index in [1.165, 1.54) is 81.4 Å². The minimum Gasteiger partial charge on any atom is -0.494 e. The van der Waals surface area contributed by atoms with Crippen LogP contribution in [0.2, 0.25) is 0 Å². The van der Waals surface area contributed by atoms with Gasteiger partial charge in [-0.1, -0.05) is 82.2 Å². The van der Waals surface area contributed by atoms with Crippen molar-refractivity contribution in [2.75, 3.05) is 6.61 Å². The van der Waals surface area contributed by atoms with Gasteiger partial charge in [-0.25, -0.2) is 4.79 Å². The van der Waals surface area contributed by atoms with E-state index in [9.17, 15) is 19.7 Å². The van der Waals surface area contributed by atoms with Crippen LogP contribution in [0.1, 0.15) is 79.8 Å². The van der Waals surface area contributed by atoms with E-state index >= 15 is 0 Å². The van der Waals surface area contributed by atoms with Crippen LogP contribution in [0.25, 0.3) is 12.2 Å². The van der Waals surface area contributed by atoms with Crippen LogP contribution in [0, 0.1) is 10.1 Å². The average molecular weight is 556 g/mol. The number of unbranched alkanes of at least 4 members (excludes halogenated alkanes) is 7. The van der Waals surface area contributed by atoms with Crippen molar-refractivity contribution in [3.05, 3.63) is 112 Å². The molecule has 0 bridgehead atoms. The van der Waals surface area contributed by atoms with Gasteiger partial charge in [-0.15, -0.1) is 0 Å². The first-order chi connectivity index (χ1) is 19.9. The van der Waals surface area contributed by atoms with Gasteiger partial charge < -0.3 is 9.47 Å². The van der Waals surface area contributed by atoms with Crippen molar-refractivity contribution >= 4 is 29.6 Å². The van der Waals surface area contributed by atoms with Gasteiger partial charge >= 0.3 is 5.97 Å². The van der Waals surface area contributed by atoms with E-state index in [0.29, 0.717) is 23.5 Å². The predicted molar refractivity (Wildman–Crippen MR) is 162 cm³/mol. The largest absolute Gasteiger partial charge is 0.494 e. The van der Waals surface area contributed by atoms with E-state index < -0.39 is 10.9 Å². The number of nitro benzene ring substituents is 1. The van der Waals surface area contributed by atoms with Gasteiger partial charge in [0.1, 0.15) is 11.5 Å². The highest BCUT2D eigenvalue weighted by Gasteiger charge is 2.07. The van der Waals surface area contributed by atoms with Crippen molar-refractivity contribution in [3.63, 3.8) is 0 Å². The zero-order valence-corrected chi connectivity index (χ0v) is 23.5. The van der Waals surface area contributed by atoms with Crippen molar-refractivity contribution in [1.29, 1.82) is 0 Å². The number of ketones is 1. The Morgan fingerprint density at radius 3 is 2.10 bits per heavy atom. The molecular formula is C34H37NO6. The third-order valence-electron chi connectivity index (χ3n) is 6.42. The molecule has 0 N–H and O–H groups in total. The van der Waals surface area contributed by atoms with Crippen LogP contribution in [0.5, 0.6) is 11.5 Å². The lowest BCUT2D eigenvalue weighted by molar-refractivity contribution is -0.384. The Morgan fingerprint density at radius 2 is 1.41 bits per heavy atom. The molecule has 0 aliphatic rings. The lowest BCUT2D eigenvalue weighted by Crippen LogP contribution is -2.03. The molecule has 0 fully saturated rings. The fraction of sp³-hybridized carbons (Fsp3) is 0.294. The Bertz CT molecular complexity index is 1330. The summed E-state index contributed by atoms with van der Waals surface area (Å²) in [5.41, 5.74) is 1.77. The highest BCUT2D eigenvalue weighted by Crippen LogP contribution is 2.18. The number of carbonyl (C=O) groups excluding carboxylic acids is 2. The molecule has 214 valence electrons. The van der Waals surface area contributed by atoms with Crippen LogP contribution in [-0.4, -0.2) is 23.3 Å². The van der Waals surface area contributed by atoms with Gasteiger partial charge in [0, 0.05) is 23.8 Å². The zero-order chi connectivity index (χ0) is 29.3. The number of hydrogen-bond acceptors (Lipinski definition) is 6. The maximum Gasteiger partial charge on any atom is 0.336 e. The number of allylic oxidation sites excluding steroid dienone is 1. The van der Waals surface area contributed by atoms with Crippen LogP contribution < -0.4 is 9.47 Å². The smallest absolute Gasteiger partial charge is 0.336 e. The summed E-state index contributed by atoms with van der Waals surface area (Å²) < 4.78 is 11.2. The van der Waals surface area contributed by atoms with E-state index in [0.717, 1.165) is 17.7 Å². The van der Waals surface area contributed by atoms with Gasteiger partial charge in [-0.2, -0.15) is 0 Å². The zero-order valence-electron chi connectivity index (χ0n) is 23.5. The maximum atomic E-state index is 12.4. The highest BCUT2D eigenvalue weighted by atomic mass is 16.6. The molecule has 0 atom stereocenters. The van der Waals surface area contributed by atoms with Gasteiger partial charge in [0.2, 0.25) is 0 Å². The number of nitrogens with zero attached hydrogens (tertiary/aromatic N) is 1. The Morgan fingerprint density at radius 1 is 0.756 bits per heavy atom. The molecule has 0 radical (unpaired) electrons. The number of benzene rings is 3. The van der Waals surface area contributed by atoms with Crippen LogP contribution in [0.15, 0.2) is 84.9 Å². The molecular weight excluding hydrogens is 518 g/mol. The fourth-order valence-electron chi connectivity index (χ4n) is 4.11. The molecule has 41 heavy (non-hydrogen) atoms. The quantitative estimate of drug-likeness (QED) is 0.0315. The van der Waals surface area contributed by atoms with E-state index in [2.05, 4.69) is 6.92 Å². The molecule has 0 saturated carbocycles. The minimum atomic E-state index is -0.525. The van der Waals surface area contributed by atoms with Crippen LogP contribution in [0.4, 0.5) is 5.69 Å². The summed E-state index contributed by atoms with van der Waals surface area (Å²) in [7, 11) is 0. The Kier molecular flexibility index (Phi) is 13.0. The SMILES string of the molecule is CCCCCCCCCCOc1ccc(/C=C/C(=O)Oc2cccc(/C=C/C(=O)c3ccc([N+](=O)[O-])cc3)c2)cc1. The van der Waals surface area contributed by atoms with Crippen molar-refractivity contribution in [2.45, 2.75) is 58.3 Å². The molecule has 0 aliphatic carbocycles. The summed E-state index contributed by atoms with van der Waals surface area (Å²) in [6, 6.07) is 19.7. The van der Waals surface area contributed by atoms with E-state index in [4.69, 9.17) is 9.47 Å². The third-order valence-corrected chi connectivity index (χ3v) is 6.42. The van der Waals surface area contributed by atoms with E-state index in [1.54, 1.807) is 36.4 Å². The Balaban J connectivity index is 1.41. The van der Waals surface area contributed by atoms with Crippen molar-refractivity contribution in [1.82, 2.24) is 0 Å². The number of esters is 1. The molecule has 7 heteroatoms. The molecule has 0 aliphatic heterocycles. The molecule has 0 aromatic heterocycles. The summed E-state index contributed by atoms with van der Waals surface area (Å²) >= 11 is 0. The van der Waals surface area contributed by atoms with Crippen molar-refractivity contribution < 1.29 is 24.0 Å². The molecule has 3 aromatic carbocycles. The fourth-order valence-corrected chi connectivity index (χ4v) is 4.11. The third kappa shape index (κ3) is 11.6. The van der Waals surface area contributed by atoms with E-state index in [1.807, 2.05) is 24.3 Å². The second-order valence-electron chi connectivity index (χ2n) is 9.72. The molecule has 0 unspecified atom stereocenters. The van der Waals surface area contributed by atoms with Crippen LogP contribution in [-0.2, 0) is 4.79 Å². The topological polar surface area (TPSA) is 95.7 Å². The summed E-state index contributed by atoms with van der Waals surface area (Å²) in [5.74, 6) is 0.330.